The van der Waals surface area contributed by atoms with Gasteiger partial charge in [0.05, 0.1) is 17.9 Å². The van der Waals surface area contributed by atoms with Gasteiger partial charge < -0.3 is 20.3 Å². The summed E-state index contributed by atoms with van der Waals surface area (Å²) in [5, 5.41) is 6.21. The van der Waals surface area contributed by atoms with Crippen molar-refractivity contribution in [3.8, 4) is 0 Å². The fourth-order valence-electron chi connectivity index (χ4n) is 6.50. The predicted molar refractivity (Wildman–Crippen MR) is 141 cm³/mol. The summed E-state index contributed by atoms with van der Waals surface area (Å²) < 4.78 is 7.34. The van der Waals surface area contributed by atoms with Crippen LogP contribution in [0.5, 0.6) is 0 Å². The molecule has 1 saturated carbocycles. The van der Waals surface area contributed by atoms with Crippen molar-refractivity contribution in [2.75, 3.05) is 11.9 Å². The van der Waals surface area contributed by atoms with E-state index >= 15 is 0 Å². The number of nitrogens with one attached hydrogen (secondary N) is 2. The van der Waals surface area contributed by atoms with E-state index in [0.29, 0.717) is 12.2 Å². The van der Waals surface area contributed by atoms with Crippen molar-refractivity contribution in [1.82, 2.24) is 10.2 Å². The van der Waals surface area contributed by atoms with Gasteiger partial charge >= 0.3 is 0 Å². The highest BCUT2D eigenvalue weighted by Gasteiger charge is 2.72. The standard InChI is InChI=1S/C28H36BrN3O4/c1-2-3-4-8-17-32-24(26(34)31-19-9-6-5-7-10-19)28-16-15-21(36-28)22(23(28)27(32)35)25(33)30-20-13-11-18(29)12-14-20/h11-16,19,21-24H,2-10,17H2,1H3,(H,30,33)(H,31,34)/t21-,22?,23-,24?,28?/m1/s1. The minimum atomic E-state index is -1.09. The van der Waals surface area contributed by atoms with E-state index in [2.05, 4.69) is 33.5 Å². The first-order chi connectivity index (χ1) is 17.4. The summed E-state index contributed by atoms with van der Waals surface area (Å²) in [6.07, 6.45) is 12.6. The number of ether oxygens (including phenoxy) is 1. The number of halogens is 1. The van der Waals surface area contributed by atoms with Crippen LogP contribution in [0.25, 0.3) is 0 Å². The fourth-order valence-corrected chi connectivity index (χ4v) is 6.77. The first-order valence-corrected chi connectivity index (χ1v) is 14.3. The third-order valence-corrected chi connectivity index (χ3v) is 8.77. The number of likely N-dealkylation sites (tertiary alicyclic amines) is 1. The molecule has 0 radical (unpaired) electrons. The van der Waals surface area contributed by atoms with Gasteiger partial charge in [-0.05, 0) is 43.5 Å². The topological polar surface area (TPSA) is 87.7 Å². The lowest BCUT2D eigenvalue weighted by molar-refractivity contribution is -0.141. The number of carbonyl (C=O) groups excluding carboxylic acids is 3. The van der Waals surface area contributed by atoms with Gasteiger partial charge in [0, 0.05) is 22.7 Å². The average Bonchev–Trinajstić information content (AvgIpc) is 3.51. The van der Waals surface area contributed by atoms with E-state index in [1.165, 1.54) is 6.42 Å². The Morgan fingerprint density at radius 1 is 1.08 bits per heavy atom. The number of unbranched alkanes of at least 4 members (excludes halogenated alkanes) is 3. The molecule has 1 aromatic rings. The molecule has 1 aromatic carbocycles. The number of carbonyl (C=O) groups is 3. The molecule has 2 bridgehead atoms. The number of amides is 3. The van der Waals surface area contributed by atoms with Crippen LogP contribution in [0, 0.1) is 11.8 Å². The zero-order chi connectivity index (χ0) is 25.3. The lowest BCUT2D eigenvalue weighted by Crippen LogP contribution is -2.56. The Morgan fingerprint density at radius 3 is 2.56 bits per heavy atom. The van der Waals surface area contributed by atoms with E-state index in [0.717, 1.165) is 55.8 Å². The molecule has 36 heavy (non-hydrogen) atoms. The molecule has 3 unspecified atom stereocenters. The molecule has 4 aliphatic rings. The Balaban J connectivity index is 1.40. The van der Waals surface area contributed by atoms with E-state index < -0.39 is 29.6 Å². The summed E-state index contributed by atoms with van der Waals surface area (Å²) in [4.78, 5) is 42.8. The van der Waals surface area contributed by atoms with E-state index in [-0.39, 0.29) is 23.8 Å². The van der Waals surface area contributed by atoms with Gasteiger partial charge in [-0.2, -0.15) is 0 Å². The van der Waals surface area contributed by atoms with Gasteiger partial charge in [0.25, 0.3) is 0 Å². The number of rotatable bonds is 9. The van der Waals surface area contributed by atoms with Crippen LogP contribution in [-0.2, 0) is 19.1 Å². The van der Waals surface area contributed by atoms with Crippen molar-refractivity contribution in [1.29, 1.82) is 0 Å². The third kappa shape index (κ3) is 4.62. The third-order valence-electron chi connectivity index (χ3n) is 8.24. The lowest BCUT2D eigenvalue weighted by Gasteiger charge is -2.34. The first-order valence-electron chi connectivity index (χ1n) is 13.5. The van der Waals surface area contributed by atoms with Crippen LogP contribution >= 0.6 is 15.9 Å². The molecule has 7 nitrogen and oxygen atoms in total. The van der Waals surface area contributed by atoms with E-state index in [9.17, 15) is 14.4 Å². The molecule has 1 spiro atoms. The van der Waals surface area contributed by atoms with Crippen molar-refractivity contribution >= 4 is 39.3 Å². The quantitative estimate of drug-likeness (QED) is 0.344. The molecule has 0 aromatic heterocycles. The minimum absolute atomic E-state index is 0.137. The number of fused-ring (bicyclic) bond motifs is 1. The van der Waals surface area contributed by atoms with Crippen LogP contribution in [0.3, 0.4) is 0 Å². The number of anilines is 1. The summed E-state index contributed by atoms with van der Waals surface area (Å²) >= 11 is 3.41. The van der Waals surface area contributed by atoms with Crippen molar-refractivity contribution in [3.05, 3.63) is 40.9 Å². The van der Waals surface area contributed by atoms with Gasteiger partial charge in [0.2, 0.25) is 17.7 Å². The molecule has 5 rings (SSSR count). The monoisotopic (exact) mass is 557 g/mol. The van der Waals surface area contributed by atoms with Crippen molar-refractivity contribution in [2.24, 2.45) is 11.8 Å². The van der Waals surface area contributed by atoms with E-state index in [4.69, 9.17) is 4.74 Å². The first kappa shape index (κ1) is 25.5. The van der Waals surface area contributed by atoms with Crippen molar-refractivity contribution in [3.63, 3.8) is 0 Å². The van der Waals surface area contributed by atoms with Gasteiger partial charge in [-0.3, -0.25) is 14.4 Å². The van der Waals surface area contributed by atoms with E-state index in [1.54, 1.807) is 4.90 Å². The molecule has 1 aliphatic carbocycles. The zero-order valence-corrected chi connectivity index (χ0v) is 22.5. The Morgan fingerprint density at radius 2 is 1.83 bits per heavy atom. The van der Waals surface area contributed by atoms with Gasteiger partial charge in [0.1, 0.15) is 11.6 Å². The molecule has 3 heterocycles. The van der Waals surface area contributed by atoms with Crippen LogP contribution in [0.2, 0.25) is 0 Å². The minimum Gasteiger partial charge on any atom is -0.359 e. The van der Waals surface area contributed by atoms with Crippen LogP contribution in [0.1, 0.15) is 64.7 Å². The average molecular weight is 559 g/mol. The Hall–Kier alpha value is -2.19. The largest absolute Gasteiger partial charge is 0.359 e. The number of benzene rings is 1. The molecule has 2 N–H and O–H groups in total. The SMILES string of the molecule is CCCCCCN1C(=O)[C@H]2C(C(=O)Nc3ccc(Br)cc3)[C@H]3C=CC2(O3)C1C(=O)NC1CCCCC1. The fraction of sp³-hybridized carbons (Fsp3) is 0.607. The van der Waals surface area contributed by atoms with E-state index in [1.807, 2.05) is 36.4 Å². The Bertz CT molecular complexity index is 1020. The summed E-state index contributed by atoms with van der Waals surface area (Å²) in [5.74, 6) is -1.90. The number of hydrogen-bond acceptors (Lipinski definition) is 4. The smallest absolute Gasteiger partial charge is 0.246 e. The zero-order valence-electron chi connectivity index (χ0n) is 20.9. The normalized spacial score (nSPS) is 31.1. The Kier molecular flexibility index (Phi) is 7.54. The van der Waals surface area contributed by atoms with Crippen LogP contribution < -0.4 is 10.6 Å². The molecule has 194 valence electrons. The molecular formula is C28H36BrN3O4. The van der Waals surface area contributed by atoms with Crippen LogP contribution in [0.15, 0.2) is 40.9 Å². The van der Waals surface area contributed by atoms with Crippen LogP contribution in [-0.4, -0.2) is 53.0 Å². The second kappa shape index (κ2) is 10.7. The van der Waals surface area contributed by atoms with Gasteiger partial charge in [-0.15, -0.1) is 0 Å². The highest BCUT2D eigenvalue weighted by Crippen LogP contribution is 2.55. The molecule has 5 atom stereocenters. The molecular weight excluding hydrogens is 522 g/mol. The maximum atomic E-state index is 13.9. The molecule has 2 saturated heterocycles. The maximum absolute atomic E-state index is 13.9. The number of nitrogens with zero attached hydrogens (tertiary/aromatic N) is 1. The summed E-state index contributed by atoms with van der Waals surface area (Å²) in [6, 6.07) is 6.75. The van der Waals surface area contributed by atoms with Crippen LogP contribution in [0.4, 0.5) is 5.69 Å². The highest BCUT2D eigenvalue weighted by molar-refractivity contribution is 9.10. The maximum Gasteiger partial charge on any atom is 0.246 e. The molecule has 3 fully saturated rings. The van der Waals surface area contributed by atoms with Crippen molar-refractivity contribution < 1.29 is 19.1 Å². The summed E-state index contributed by atoms with van der Waals surface area (Å²) in [5.41, 5.74) is -0.426. The molecule has 3 amide bonds. The highest BCUT2D eigenvalue weighted by atomic mass is 79.9. The van der Waals surface area contributed by atoms with Crippen molar-refractivity contribution in [2.45, 2.75) is 88.5 Å². The van der Waals surface area contributed by atoms with Gasteiger partial charge in [0.15, 0.2) is 0 Å². The summed E-state index contributed by atoms with van der Waals surface area (Å²) in [6.45, 7) is 2.65. The van der Waals surface area contributed by atoms with Gasteiger partial charge in [-0.25, -0.2) is 0 Å². The predicted octanol–water partition coefficient (Wildman–Crippen LogP) is 4.57. The summed E-state index contributed by atoms with van der Waals surface area (Å²) in [7, 11) is 0. The second-order valence-corrected chi connectivity index (χ2v) is 11.5. The van der Waals surface area contributed by atoms with Gasteiger partial charge in [-0.1, -0.05) is 73.5 Å². The number of hydrogen-bond donors (Lipinski definition) is 2. The molecule has 8 heteroatoms. The molecule has 3 aliphatic heterocycles. The second-order valence-electron chi connectivity index (χ2n) is 10.6. The lowest BCUT2D eigenvalue weighted by atomic mass is 9.74. The Labute approximate surface area is 221 Å².